The molecule has 0 aromatic heterocycles. The Bertz CT molecular complexity index is 106. The van der Waals surface area contributed by atoms with Crippen molar-refractivity contribution in [3.8, 4) is 0 Å². The fourth-order valence-corrected chi connectivity index (χ4v) is 0. The van der Waals surface area contributed by atoms with Gasteiger partial charge < -0.3 is 0 Å². The Kier molecular flexibility index (Phi) is 4.91. The van der Waals surface area contributed by atoms with Crippen molar-refractivity contribution in [2.24, 2.45) is 0 Å². The van der Waals surface area contributed by atoms with E-state index in [0.29, 0.717) is 0 Å². The van der Waals surface area contributed by atoms with Gasteiger partial charge in [-0.15, -0.1) is 0 Å². The van der Waals surface area contributed by atoms with Crippen LogP contribution in [0.3, 0.4) is 0 Å². The summed E-state index contributed by atoms with van der Waals surface area (Å²) in [6.45, 7) is 0. The molecule has 0 saturated heterocycles. The van der Waals surface area contributed by atoms with Crippen LogP contribution in [0, 0.1) is 0 Å². The van der Waals surface area contributed by atoms with Crippen LogP contribution in [-0.2, 0) is 10.4 Å². The van der Waals surface area contributed by atoms with E-state index in [0.717, 1.165) is 0 Å². The maximum absolute atomic E-state index is 8.74. The standard InChI is InChI=1S/Na.H2O4S.10H2.H/c;1-5(2,3)4;;;;;;;;;;;/h;(H2,1,2,3,4);10*1H;. The molecule has 0 unspecified atom stereocenters. The van der Waals surface area contributed by atoms with Crippen LogP contribution < -0.4 is 0 Å². The fraction of sp³-hybridized carbons (Fsp3) is 0. The molecule has 0 amide bonds. The molecule has 0 atom stereocenters. The van der Waals surface area contributed by atoms with Gasteiger partial charge in [-0.25, -0.2) is 0 Å². The van der Waals surface area contributed by atoms with E-state index in [9.17, 15) is 0 Å². The molecule has 6 heteroatoms. The van der Waals surface area contributed by atoms with E-state index >= 15 is 0 Å². The molecule has 0 aromatic rings. The Balaban J connectivity index is -0.00000000145. The summed E-state index contributed by atoms with van der Waals surface area (Å²) in [6.07, 6.45) is 0. The van der Waals surface area contributed by atoms with E-state index in [1.54, 1.807) is 0 Å². The minimum absolute atomic E-state index is 0. The summed E-state index contributed by atoms with van der Waals surface area (Å²) in [7, 11) is -4.67. The zero-order chi connectivity index (χ0) is 4.50. The van der Waals surface area contributed by atoms with Gasteiger partial charge in [0.25, 0.3) is 0 Å². The molecule has 0 aromatic carbocycles. The average molecular weight is 142 g/mol. The van der Waals surface area contributed by atoms with E-state index in [2.05, 4.69) is 0 Å². The van der Waals surface area contributed by atoms with Crippen LogP contribution in [0.15, 0.2) is 0 Å². The maximum atomic E-state index is 8.74. The normalized spacial score (nSPS) is 9.67. The Morgan fingerprint density at radius 1 is 1.33 bits per heavy atom. The van der Waals surface area contributed by atoms with E-state index in [-0.39, 0.29) is 43.8 Å². The van der Waals surface area contributed by atoms with Crippen molar-refractivity contribution in [2.45, 2.75) is 0 Å². The van der Waals surface area contributed by atoms with Gasteiger partial charge in [0, 0.05) is 14.3 Å². The van der Waals surface area contributed by atoms with E-state index < -0.39 is 10.4 Å². The van der Waals surface area contributed by atoms with Gasteiger partial charge in [0.2, 0.25) is 0 Å². The predicted octanol–water partition coefficient (Wildman–Crippen LogP) is 1.16. The zero-order valence-electron chi connectivity index (χ0n) is 2.12. The second-order valence-corrected chi connectivity index (χ2v) is 1.34. The molecule has 0 saturated carbocycles. The van der Waals surface area contributed by atoms with Crippen LogP contribution in [0.1, 0.15) is 14.3 Å². The van der Waals surface area contributed by atoms with Crippen molar-refractivity contribution in [1.82, 2.24) is 0 Å². The third kappa shape index (κ3) is 96.4. The van der Waals surface area contributed by atoms with Crippen LogP contribution in [0.2, 0.25) is 0 Å². The Hall–Kier alpha value is 0.870. The molecule has 0 aliphatic carbocycles. The molecule has 6 heavy (non-hydrogen) atoms. The molecule has 0 aliphatic heterocycles. The van der Waals surface area contributed by atoms with E-state index in [1.807, 2.05) is 0 Å². The van der Waals surface area contributed by atoms with Crippen LogP contribution in [0.4, 0.5) is 0 Å². The van der Waals surface area contributed by atoms with Crippen LogP contribution in [0.5, 0.6) is 0 Å². The van der Waals surface area contributed by atoms with Crippen LogP contribution >= 0.6 is 0 Å². The first kappa shape index (κ1) is 9.98. The van der Waals surface area contributed by atoms with Gasteiger partial charge in [0.15, 0.2) is 0 Å². The van der Waals surface area contributed by atoms with Gasteiger partial charge in [-0.1, -0.05) is 0 Å². The second kappa shape index (κ2) is 2.95. The topological polar surface area (TPSA) is 74.6 Å². The van der Waals surface area contributed by atoms with Gasteiger partial charge in [-0.2, -0.15) is 8.42 Å². The number of hydrogen-bond acceptors (Lipinski definition) is 2. The summed E-state index contributed by atoms with van der Waals surface area (Å²) in [5, 5.41) is 0. The Labute approximate surface area is 72.3 Å². The molecule has 0 heterocycles. The Morgan fingerprint density at radius 2 is 1.33 bits per heavy atom. The molecule has 0 bridgehead atoms. The van der Waals surface area contributed by atoms with Crippen molar-refractivity contribution in [2.75, 3.05) is 0 Å². The summed E-state index contributed by atoms with van der Waals surface area (Å²) in [5.41, 5.74) is 0. The predicted molar refractivity (Wildman–Crippen MR) is 42.5 cm³/mol. The van der Waals surface area contributed by atoms with Gasteiger partial charge in [0.1, 0.15) is 0 Å². The summed E-state index contributed by atoms with van der Waals surface area (Å²) < 4.78 is 31.6. The first-order valence-electron chi connectivity index (χ1n) is 0.698. The number of hydrogen-bond donors (Lipinski definition) is 2. The molecule has 0 radical (unpaired) electrons. The molecule has 0 rings (SSSR count). The van der Waals surface area contributed by atoms with Gasteiger partial charge in [0.05, 0.1) is 0 Å². The minimum atomic E-state index is -4.67. The Morgan fingerprint density at radius 3 is 1.33 bits per heavy atom. The van der Waals surface area contributed by atoms with Gasteiger partial charge >= 0.3 is 40.0 Å². The van der Waals surface area contributed by atoms with Crippen LogP contribution in [0.25, 0.3) is 0 Å². The summed E-state index contributed by atoms with van der Waals surface area (Å²) in [5.74, 6) is 0. The molecule has 54 valence electrons. The first-order chi connectivity index (χ1) is 2.00. The van der Waals surface area contributed by atoms with Crippen molar-refractivity contribution >= 4 is 40.0 Å². The second-order valence-electron chi connectivity index (χ2n) is 0.448. The van der Waals surface area contributed by atoms with E-state index in [1.165, 1.54) is 0 Å². The molecule has 0 spiro atoms. The number of rotatable bonds is 0. The summed E-state index contributed by atoms with van der Waals surface area (Å²) >= 11 is 0. The molecular weight excluding hydrogens is 119 g/mol. The van der Waals surface area contributed by atoms with E-state index in [4.69, 9.17) is 17.5 Å². The third-order valence-electron chi connectivity index (χ3n) is 0. The quantitative estimate of drug-likeness (QED) is 0.393. The molecule has 0 fully saturated rings. The van der Waals surface area contributed by atoms with Gasteiger partial charge in [-0.3, -0.25) is 9.11 Å². The van der Waals surface area contributed by atoms with Crippen LogP contribution in [-0.4, -0.2) is 47.1 Å². The third-order valence-corrected chi connectivity index (χ3v) is 0. The molecule has 2 N–H and O–H groups in total. The van der Waals surface area contributed by atoms with Gasteiger partial charge in [-0.05, 0) is 0 Å². The SMILES string of the molecule is O=S(=O)(O)O.[HH].[HH].[HH].[HH].[HH].[HH].[HH].[HH].[HH].[HH].[NaH]. The average Bonchev–Trinajstić information content (AvgIpc) is 0.722. The summed E-state index contributed by atoms with van der Waals surface area (Å²) in [6, 6.07) is 0. The molecular formula is H23NaO4S. The molecule has 0 aliphatic rings. The fourth-order valence-electron chi connectivity index (χ4n) is 0. The summed E-state index contributed by atoms with van der Waals surface area (Å²) in [4.78, 5) is 0. The monoisotopic (exact) mass is 142 g/mol. The van der Waals surface area contributed by atoms with Crippen molar-refractivity contribution in [1.29, 1.82) is 0 Å². The van der Waals surface area contributed by atoms with Crippen molar-refractivity contribution in [3.63, 3.8) is 0 Å². The first-order valence-corrected chi connectivity index (χ1v) is 2.10. The van der Waals surface area contributed by atoms with Crippen molar-refractivity contribution < 1.29 is 31.8 Å². The zero-order valence-corrected chi connectivity index (χ0v) is 2.94. The molecule has 4 nitrogen and oxygen atoms in total. The van der Waals surface area contributed by atoms with Crippen molar-refractivity contribution in [3.05, 3.63) is 0 Å².